The number of amides is 3. The molecule has 0 saturated carbocycles. The summed E-state index contributed by atoms with van der Waals surface area (Å²) in [4.78, 5) is 50.8. The summed E-state index contributed by atoms with van der Waals surface area (Å²) in [6, 6.07) is -1.17. The van der Waals surface area contributed by atoms with Crippen LogP contribution in [0.25, 0.3) is 0 Å². The smallest absolute Gasteiger partial charge is 0.306 e. The normalized spacial score (nSPS) is 14.7. The highest BCUT2D eigenvalue weighted by molar-refractivity contribution is 5.86. The fourth-order valence-electron chi connectivity index (χ4n) is 4.18. The summed E-state index contributed by atoms with van der Waals surface area (Å²) < 4.78 is 5.10. The Kier molecular flexibility index (Phi) is 16.2. The Labute approximate surface area is 199 Å². The van der Waals surface area contributed by atoms with Crippen LogP contribution < -0.4 is 16.8 Å². The highest BCUT2D eigenvalue weighted by Crippen LogP contribution is 2.21. The van der Waals surface area contributed by atoms with Gasteiger partial charge in [0.05, 0.1) is 19.1 Å². The molecule has 0 radical (unpaired) electrons. The fourth-order valence-corrected chi connectivity index (χ4v) is 4.18. The van der Waals surface area contributed by atoms with E-state index in [-0.39, 0.29) is 43.1 Å². The topological polar surface area (TPSA) is 145 Å². The first-order valence-corrected chi connectivity index (χ1v) is 12.4. The number of ether oxygens (including phenoxy) is 1. The van der Waals surface area contributed by atoms with Gasteiger partial charge in [-0.3, -0.25) is 19.2 Å². The number of nitrogens with zero attached hydrogens (tertiary/aromatic N) is 1. The summed E-state index contributed by atoms with van der Waals surface area (Å²) in [5.74, 6) is -1.57. The second kappa shape index (κ2) is 17.3. The minimum absolute atomic E-state index is 0.0153. The van der Waals surface area contributed by atoms with Gasteiger partial charge in [-0.2, -0.15) is 0 Å². The number of esters is 1. The van der Waals surface area contributed by atoms with Crippen molar-refractivity contribution in [3.05, 3.63) is 0 Å². The molecule has 0 rings (SSSR count). The number of nitrogens with two attached hydrogens (primary N) is 2. The Bertz CT molecular complexity index is 614. The minimum Gasteiger partial charge on any atom is -0.466 e. The highest BCUT2D eigenvalue weighted by Gasteiger charge is 2.31. The Balaban J connectivity index is 5.57. The van der Waals surface area contributed by atoms with Crippen LogP contribution in [0.3, 0.4) is 0 Å². The van der Waals surface area contributed by atoms with Crippen molar-refractivity contribution >= 4 is 23.7 Å². The monoisotopic (exact) mass is 470 g/mol. The van der Waals surface area contributed by atoms with Crippen LogP contribution in [0.15, 0.2) is 0 Å². The minimum atomic E-state index is -0.733. The summed E-state index contributed by atoms with van der Waals surface area (Å²) in [6.45, 7) is 10.6. The predicted octanol–water partition coefficient (Wildman–Crippen LogP) is 2.11. The Morgan fingerprint density at radius 2 is 1.45 bits per heavy atom. The molecule has 0 aliphatic carbocycles. The fraction of sp³-hybridized carbons (Fsp3) is 0.833. The van der Waals surface area contributed by atoms with E-state index >= 15 is 0 Å². The molecule has 0 spiro atoms. The van der Waals surface area contributed by atoms with Gasteiger partial charge in [-0.1, -0.05) is 40.5 Å². The van der Waals surface area contributed by atoms with Gasteiger partial charge in [0.15, 0.2) is 0 Å². The first-order valence-electron chi connectivity index (χ1n) is 12.4. The molecule has 0 fully saturated rings. The molecule has 0 aromatic heterocycles. The van der Waals surface area contributed by atoms with Gasteiger partial charge in [0.2, 0.25) is 17.7 Å². The zero-order valence-corrected chi connectivity index (χ0v) is 21.2. The van der Waals surface area contributed by atoms with Crippen molar-refractivity contribution in [2.24, 2.45) is 23.3 Å². The van der Waals surface area contributed by atoms with Gasteiger partial charge in [-0.25, -0.2) is 0 Å². The lowest BCUT2D eigenvalue weighted by atomic mass is 9.95. The Morgan fingerprint density at radius 1 is 0.848 bits per heavy atom. The second-order valence-corrected chi connectivity index (χ2v) is 8.67. The van der Waals surface area contributed by atoms with Crippen LogP contribution in [0.4, 0.5) is 0 Å². The van der Waals surface area contributed by atoms with Crippen molar-refractivity contribution in [1.29, 1.82) is 0 Å². The van der Waals surface area contributed by atoms with E-state index in [0.717, 1.165) is 25.7 Å². The zero-order chi connectivity index (χ0) is 25.4. The number of carbonyl (C=O) groups is 4. The van der Waals surface area contributed by atoms with Crippen molar-refractivity contribution in [2.45, 2.75) is 98.1 Å². The lowest BCUT2D eigenvalue weighted by molar-refractivity contribution is -0.146. The summed E-state index contributed by atoms with van der Waals surface area (Å²) in [7, 11) is 0. The molecule has 9 nitrogen and oxygen atoms in total. The molecule has 0 unspecified atom stereocenters. The Morgan fingerprint density at radius 3 is 1.91 bits per heavy atom. The van der Waals surface area contributed by atoms with Crippen molar-refractivity contribution in [2.75, 3.05) is 19.7 Å². The third kappa shape index (κ3) is 12.0. The van der Waals surface area contributed by atoms with Gasteiger partial charge >= 0.3 is 5.97 Å². The molecule has 0 saturated heterocycles. The lowest BCUT2D eigenvalue weighted by Crippen LogP contribution is -2.50. The van der Waals surface area contributed by atoms with Crippen LogP contribution in [0, 0.1) is 11.8 Å². The SMILES string of the molecule is CCC[C@H](CC(=O)OCC)CN(C(=O)C[C@@H](CCC)CN[C@@H](CC)C(N)=O)[C@@H](CC)C(N)=O. The number of primary amides is 2. The summed E-state index contributed by atoms with van der Waals surface area (Å²) in [5, 5.41) is 3.17. The molecule has 9 heteroatoms. The van der Waals surface area contributed by atoms with Gasteiger partial charge in [0.25, 0.3) is 0 Å². The largest absolute Gasteiger partial charge is 0.466 e. The molecular weight excluding hydrogens is 424 g/mol. The molecule has 0 aromatic rings. The average Bonchev–Trinajstić information content (AvgIpc) is 2.73. The van der Waals surface area contributed by atoms with Crippen LogP contribution >= 0.6 is 0 Å². The number of rotatable bonds is 19. The molecule has 0 aliphatic heterocycles. The molecule has 3 amide bonds. The molecule has 0 aliphatic rings. The summed E-state index contributed by atoms with van der Waals surface area (Å²) in [5.41, 5.74) is 11.1. The first kappa shape index (κ1) is 30.8. The molecule has 192 valence electrons. The summed E-state index contributed by atoms with van der Waals surface area (Å²) in [6.07, 6.45) is 4.62. The lowest BCUT2D eigenvalue weighted by Gasteiger charge is -2.33. The van der Waals surface area contributed by atoms with Crippen molar-refractivity contribution in [3.63, 3.8) is 0 Å². The van der Waals surface area contributed by atoms with E-state index in [1.807, 2.05) is 27.7 Å². The van der Waals surface area contributed by atoms with E-state index in [1.165, 1.54) is 0 Å². The number of hydrogen-bond acceptors (Lipinski definition) is 6. The molecule has 0 bridgehead atoms. The predicted molar refractivity (Wildman–Crippen MR) is 129 cm³/mol. The van der Waals surface area contributed by atoms with E-state index in [2.05, 4.69) is 5.32 Å². The molecule has 0 heterocycles. The number of nitrogens with one attached hydrogen (secondary N) is 1. The molecular formula is C24H46N4O5. The molecule has 4 atom stereocenters. The van der Waals surface area contributed by atoms with Crippen LogP contribution in [0.1, 0.15) is 86.0 Å². The molecule has 5 N–H and O–H groups in total. The number of carbonyl (C=O) groups excluding carboxylic acids is 4. The van der Waals surface area contributed by atoms with E-state index in [1.54, 1.807) is 11.8 Å². The van der Waals surface area contributed by atoms with E-state index in [0.29, 0.717) is 26.0 Å². The third-order valence-corrected chi connectivity index (χ3v) is 5.89. The van der Waals surface area contributed by atoms with Gasteiger partial charge < -0.3 is 26.4 Å². The molecule has 0 aromatic carbocycles. The van der Waals surface area contributed by atoms with Crippen LogP contribution in [-0.4, -0.2) is 60.4 Å². The van der Waals surface area contributed by atoms with Gasteiger partial charge in [-0.05, 0) is 51.0 Å². The zero-order valence-electron chi connectivity index (χ0n) is 21.2. The first-order chi connectivity index (χ1) is 15.6. The number of hydrogen-bond donors (Lipinski definition) is 3. The summed E-state index contributed by atoms with van der Waals surface area (Å²) >= 11 is 0. The van der Waals surface area contributed by atoms with Crippen LogP contribution in [0.2, 0.25) is 0 Å². The average molecular weight is 471 g/mol. The van der Waals surface area contributed by atoms with Gasteiger partial charge in [0, 0.05) is 13.0 Å². The third-order valence-electron chi connectivity index (χ3n) is 5.89. The maximum Gasteiger partial charge on any atom is 0.306 e. The van der Waals surface area contributed by atoms with Crippen LogP contribution in [0.5, 0.6) is 0 Å². The van der Waals surface area contributed by atoms with Gasteiger partial charge in [0.1, 0.15) is 6.04 Å². The van der Waals surface area contributed by atoms with Crippen molar-refractivity contribution in [3.8, 4) is 0 Å². The van der Waals surface area contributed by atoms with E-state index in [4.69, 9.17) is 16.2 Å². The Hall–Kier alpha value is -2.16. The van der Waals surface area contributed by atoms with Crippen LogP contribution in [-0.2, 0) is 23.9 Å². The molecule has 33 heavy (non-hydrogen) atoms. The standard InChI is InChI=1S/C24H46N4O5/c1-6-11-17(15-27-19(8-3)23(25)31)13-21(29)28(20(9-4)24(26)32)16-18(12-7-2)14-22(30)33-10-5/h17-20,27H,6-16H2,1-5H3,(H2,25,31)(H2,26,32)/t17-,18-,19+,20+/m1/s1. The maximum absolute atomic E-state index is 13.4. The van der Waals surface area contributed by atoms with E-state index < -0.39 is 23.9 Å². The second-order valence-electron chi connectivity index (χ2n) is 8.67. The maximum atomic E-state index is 13.4. The van der Waals surface area contributed by atoms with Crippen molar-refractivity contribution < 1.29 is 23.9 Å². The highest BCUT2D eigenvalue weighted by atomic mass is 16.5. The quantitative estimate of drug-likeness (QED) is 0.247. The van der Waals surface area contributed by atoms with Crippen molar-refractivity contribution in [1.82, 2.24) is 10.2 Å². The van der Waals surface area contributed by atoms with Gasteiger partial charge in [-0.15, -0.1) is 0 Å². The van der Waals surface area contributed by atoms with E-state index in [9.17, 15) is 19.2 Å².